The summed E-state index contributed by atoms with van der Waals surface area (Å²) in [5.41, 5.74) is 1.94. The summed E-state index contributed by atoms with van der Waals surface area (Å²) in [5, 5.41) is 5.10. The zero-order chi connectivity index (χ0) is 21.7. The second kappa shape index (κ2) is 7.40. The molecule has 1 unspecified atom stereocenters. The van der Waals surface area contributed by atoms with E-state index in [4.69, 9.17) is 0 Å². The van der Waals surface area contributed by atoms with Crippen LogP contribution in [-0.2, 0) is 7.05 Å². The Labute approximate surface area is 177 Å². The van der Waals surface area contributed by atoms with Crippen molar-refractivity contribution >= 4 is 22.6 Å². The number of hydrogen-bond donors (Lipinski definition) is 0. The number of carbonyl (C=O) groups is 1. The van der Waals surface area contributed by atoms with Gasteiger partial charge in [-0.2, -0.15) is 10.1 Å². The Hall–Kier alpha value is -3.36. The van der Waals surface area contributed by atoms with Crippen LogP contribution in [0.25, 0.3) is 16.7 Å². The average Bonchev–Trinajstić information content (AvgIpc) is 3.38. The standard InChI is InChI=1S/C22H22F2N6O/c1-13-7-8-29(21(31)16-10-28(2)18-6-4-3-5-14(16)18)11-15(13)19-9-17(20(23)24)27-22-25-12-26-30(19)22/h3-6,9-10,12-13,15,20H,7-8,11H2,1-2H3/t13-,15?/m1/s1. The smallest absolute Gasteiger partial charge is 0.280 e. The highest BCUT2D eigenvalue weighted by Gasteiger charge is 2.34. The molecule has 7 nitrogen and oxygen atoms in total. The van der Waals surface area contributed by atoms with E-state index >= 15 is 0 Å². The molecule has 0 radical (unpaired) electrons. The average molecular weight is 424 g/mol. The van der Waals surface area contributed by atoms with Crippen molar-refractivity contribution in [3.63, 3.8) is 0 Å². The van der Waals surface area contributed by atoms with Gasteiger partial charge in [-0.05, 0) is 24.5 Å². The predicted octanol–water partition coefficient (Wildman–Crippen LogP) is 3.82. The predicted molar refractivity (Wildman–Crippen MR) is 111 cm³/mol. The maximum atomic E-state index is 13.4. The van der Waals surface area contributed by atoms with E-state index < -0.39 is 6.43 Å². The summed E-state index contributed by atoms with van der Waals surface area (Å²) >= 11 is 0. The molecule has 0 N–H and O–H groups in total. The minimum atomic E-state index is -2.70. The zero-order valence-corrected chi connectivity index (χ0v) is 17.2. The molecule has 0 spiro atoms. The maximum Gasteiger partial charge on any atom is 0.280 e. The normalized spacial score (nSPS) is 19.6. The third kappa shape index (κ3) is 3.24. The fourth-order valence-electron chi connectivity index (χ4n) is 4.55. The number of para-hydroxylation sites is 1. The van der Waals surface area contributed by atoms with Gasteiger partial charge >= 0.3 is 0 Å². The van der Waals surface area contributed by atoms with Crippen molar-refractivity contribution in [2.45, 2.75) is 25.7 Å². The van der Waals surface area contributed by atoms with Gasteiger partial charge in [0.1, 0.15) is 12.0 Å². The fraction of sp³-hybridized carbons (Fsp3) is 0.364. The van der Waals surface area contributed by atoms with Crippen molar-refractivity contribution in [1.29, 1.82) is 0 Å². The number of fused-ring (bicyclic) bond motifs is 2. The van der Waals surface area contributed by atoms with Gasteiger partial charge in [0.2, 0.25) is 0 Å². The van der Waals surface area contributed by atoms with Crippen molar-refractivity contribution in [1.82, 2.24) is 29.0 Å². The monoisotopic (exact) mass is 424 g/mol. The number of carbonyl (C=O) groups excluding carboxylic acids is 1. The van der Waals surface area contributed by atoms with Gasteiger partial charge in [-0.3, -0.25) is 4.79 Å². The number of rotatable bonds is 3. The van der Waals surface area contributed by atoms with Crippen LogP contribution in [0.5, 0.6) is 0 Å². The second-order valence-corrected chi connectivity index (χ2v) is 8.17. The van der Waals surface area contributed by atoms with Gasteiger partial charge in [-0.15, -0.1) is 0 Å². The summed E-state index contributed by atoms with van der Waals surface area (Å²) in [6.45, 7) is 3.12. The van der Waals surface area contributed by atoms with E-state index in [1.54, 1.807) is 0 Å². The Morgan fingerprint density at radius 2 is 2.06 bits per heavy atom. The first kappa shape index (κ1) is 19.6. The van der Waals surface area contributed by atoms with Crippen LogP contribution in [0.2, 0.25) is 0 Å². The first-order chi connectivity index (χ1) is 14.9. The topological polar surface area (TPSA) is 68.3 Å². The van der Waals surface area contributed by atoms with Crippen molar-refractivity contribution in [3.8, 4) is 0 Å². The summed E-state index contributed by atoms with van der Waals surface area (Å²) in [6.07, 6.45) is 1.24. The van der Waals surface area contributed by atoms with Crippen LogP contribution in [0.1, 0.15) is 47.4 Å². The van der Waals surface area contributed by atoms with E-state index in [0.717, 1.165) is 17.3 Å². The Balaban J connectivity index is 1.52. The van der Waals surface area contributed by atoms with Crippen molar-refractivity contribution < 1.29 is 13.6 Å². The van der Waals surface area contributed by atoms with Gasteiger partial charge in [-0.1, -0.05) is 25.1 Å². The molecule has 1 amide bonds. The highest BCUT2D eigenvalue weighted by Crippen LogP contribution is 2.34. The minimum Gasteiger partial charge on any atom is -0.350 e. The number of halogens is 2. The number of benzene rings is 1. The molecule has 1 aromatic carbocycles. The van der Waals surface area contributed by atoms with E-state index in [0.29, 0.717) is 24.3 Å². The first-order valence-corrected chi connectivity index (χ1v) is 10.3. The summed E-state index contributed by atoms with van der Waals surface area (Å²) in [4.78, 5) is 23.2. The van der Waals surface area contributed by atoms with Gasteiger partial charge in [-0.25, -0.2) is 18.3 Å². The molecule has 0 aliphatic carbocycles. The van der Waals surface area contributed by atoms with Crippen LogP contribution in [0.4, 0.5) is 8.78 Å². The molecular formula is C22H22F2N6O. The Kier molecular flexibility index (Phi) is 4.68. The lowest BCUT2D eigenvalue weighted by Gasteiger charge is -2.37. The molecule has 5 rings (SSSR count). The summed E-state index contributed by atoms with van der Waals surface area (Å²) in [5.74, 6) is 0.137. The quantitative estimate of drug-likeness (QED) is 0.501. The maximum absolute atomic E-state index is 13.4. The largest absolute Gasteiger partial charge is 0.350 e. The van der Waals surface area contributed by atoms with Crippen LogP contribution < -0.4 is 0 Å². The molecule has 2 atom stereocenters. The number of nitrogens with zero attached hydrogens (tertiary/aromatic N) is 6. The number of alkyl halides is 2. The molecule has 4 aromatic rings. The minimum absolute atomic E-state index is 0.0494. The van der Waals surface area contributed by atoms with Crippen molar-refractivity contribution in [3.05, 3.63) is 59.8 Å². The van der Waals surface area contributed by atoms with Crippen LogP contribution in [0.3, 0.4) is 0 Å². The van der Waals surface area contributed by atoms with E-state index in [1.165, 1.54) is 16.9 Å². The SMILES string of the molecule is C[C@@H]1CCN(C(=O)c2cn(C)c3ccccc23)CC1c1cc(C(F)F)nc2ncnn12. The summed E-state index contributed by atoms with van der Waals surface area (Å²) < 4.78 is 30.3. The van der Waals surface area contributed by atoms with Gasteiger partial charge in [0.05, 0.1) is 11.3 Å². The number of aryl methyl sites for hydroxylation is 1. The third-order valence-electron chi connectivity index (χ3n) is 6.28. The Morgan fingerprint density at radius 3 is 2.87 bits per heavy atom. The van der Waals surface area contributed by atoms with Gasteiger partial charge in [0, 0.05) is 43.2 Å². The molecule has 3 aromatic heterocycles. The zero-order valence-electron chi connectivity index (χ0n) is 17.2. The molecule has 160 valence electrons. The van der Waals surface area contributed by atoms with Gasteiger partial charge in [0.15, 0.2) is 0 Å². The lowest BCUT2D eigenvalue weighted by atomic mass is 9.84. The number of amides is 1. The molecule has 1 aliphatic rings. The lowest BCUT2D eigenvalue weighted by molar-refractivity contribution is 0.0667. The van der Waals surface area contributed by atoms with Gasteiger partial charge in [0.25, 0.3) is 18.1 Å². The molecule has 1 aliphatic heterocycles. The highest BCUT2D eigenvalue weighted by molar-refractivity contribution is 6.07. The van der Waals surface area contributed by atoms with E-state index in [-0.39, 0.29) is 29.2 Å². The molecule has 0 saturated carbocycles. The Morgan fingerprint density at radius 1 is 1.26 bits per heavy atom. The lowest BCUT2D eigenvalue weighted by Crippen LogP contribution is -2.42. The van der Waals surface area contributed by atoms with E-state index in [9.17, 15) is 13.6 Å². The van der Waals surface area contributed by atoms with Gasteiger partial charge < -0.3 is 9.47 Å². The summed E-state index contributed by atoms with van der Waals surface area (Å²) in [6, 6.07) is 9.20. The number of likely N-dealkylation sites (tertiary alicyclic amines) is 1. The van der Waals surface area contributed by atoms with E-state index in [2.05, 4.69) is 22.0 Å². The highest BCUT2D eigenvalue weighted by atomic mass is 19.3. The molecule has 4 heterocycles. The molecule has 9 heteroatoms. The van der Waals surface area contributed by atoms with Crippen molar-refractivity contribution in [2.75, 3.05) is 13.1 Å². The van der Waals surface area contributed by atoms with Crippen LogP contribution in [0.15, 0.2) is 42.9 Å². The molecule has 31 heavy (non-hydrogen) atoms. The van der Waals surface area contributed by atoms with Crippen LogP contribution in [0, 0.1) is 5.92 Å². The van der Waals surface area contributed by atoms with Crippen molar-refractivity contribution in [2.24, 2.45) is 13.0 Å². The third-order valence-corrected chi connectivity index (χ3v) is 6.28. The second-order valence-electron chi connectivity index (χ2n) is 8.17. The summed E-state index contributed by atoms with van der Waals surface area (Å²) in [7, 11) is 1.92. The molecule has 0 bridgehead atoms. The number of aromatic nitrogens is 5. The molecule has 1 saturated heterocycles. The number of piperidine rings is 1. The first-order valence-electron chi connectivity index (χ1n) is 10.3. The molecular weight excluding hydrogens is 402 g/mol. The van der Waals surface area contributed by atoms with Crippen LogP contribution >= 0.6 is 0 Å². The fourth-order valence-corrected chi connectivity index (χ4v) is 4.55. The van der Waals surface area contributed by atoms with Crippen LogP contribution in [-0.4, -0.2) is 48.0 Å². The van der Waals surface area contributed by atoms with E-state index in [1.807, 2.05) is 47.0 Å². The number of hydrogen-bond acceptors (Lipinski definition) is 4. The molecule has 1 fully saturated rings. The Bertz CT molecular complexity index is 1280.